The van der Waals surface area contributed by atoms with Crippen LogP contribution in [0.5, 0.6) is 0 Å². The van der Waals surface area contributed by atoms with Gasteiger partial charge in [0.15, 0.2) is 0 Å². The Hall–Kier alpha value is -1.35. The van der Waals surface area contributed by atoms with Gasteiger partial charge in [-0.1, -0.05) is 39.3 Å². The first-order valence-corrected chi connectivity index (χ1v) is 11.0. The van der Waals surface area contributed by atoms with Crippen molar-refractivity contribution in [3.63, 3.8) is 0 Å². The van der Waals surface area contributed by atoms with E-state index in [1.54, 1.807) is 0 Å². The van der Waals surface area contributed by atoms with Crippen LogP contribution in [0.3, 0.4) is 0 Å². The fourth-order valence-corrected chi connectivity index (χ4v) is 5.20. The van der Waals surface area contributed by atoms with E-state index >= 15 is 0 Å². The molecule has 1 saturated carbocycles. The second-order valence-electron chi connectivity index (χ2n) is 9.89. The van der Waals surface area contributed by atoms with Gasteiger partial charge < -0.3 is 9.22 Å². The number of quaternary nitrogens is 1. The highest BCUT2D eigenvalue weighted by Crippen LogP contribution is 2.33. The standard InChI is InChI=1S/C24H38NO2/c1-19(18-25(16-8-9-17-25)22-10-6-5-7-11-22)27-23(26)20-12-14-21(15-13-20)24(2,3)4/h12-15,19,22H,5-11,16-18H2,1-4H3/q+1. The maximum atomic E-state index is 12.6. The van der Waals surface area contributed by atoms with Crippen LogP contribution in [0.25, 0.3) is 0 Å². The van der Waals surface area contributed by atoms with Gasteiger partial charge in [0, 0.05) is 12.8 Å². The Morgan fingerprint density at radius 2 is 1.63 bits per heavy atom. The lowest BCUT2D eigenvalue weighted by Gasteiger charge is -2.44. The minimum absolute atomic E-state index is 0.0279. The Balaban J connectivity index is 1.61. The van der Waals surface area contributed by atoms with Crippen molar-refractivity contribution in [2.75, 3.05) is 19.6 Å². The fraction of sp³-hybridized carbons (Fsp3) is 0.708. The van der Waals surface area contributed by atoms with Gasteiger partial charge in [0.25, 0.3) is 0 Å². The van der Waals surface area contributed by atoms with Crippen LogP contribution >= 0.6 is 0 Å². The van der Waals surface area contributed by atoms with Crippen LogP contribution in [0.2, 0.25) is 0 Å². The molecule has 1 aromatic rings. The lowest BCUT2D eigenvalue weighted by atomic mass is 9.87. The van der Waals surface area contributed by atoms with Crippen molar-refractivity contribution < 1.29 is 14.0 Å². The van der Waals surface area contributed by atoms with Gasteiger partial charge in [-0.25, -0.2) is 4.79 Å². The highest BCUT2D eigenvalue weighted by atomic mass is 16.5. The molecule has 150 valence electrons. The van der Waals surface area contributed by atoms with Crippen LogP contribution in [0, 0.1) is 0 Å². The van der Waals surface area contributed by atoms with Crippen molar-refractivity contribution in [3.8, 4) is 0 Å². The summed E-state index contributed by atoms with van der Waals surface area (Å²) in [5.74, 6) is -0.177. The molecule has 0 aromatic heterocycles. The minimum atomic E-state index is -0.177. The quantitative estimate of drug-likeness (QED) is 0.506. The summed E-state index contributed by atoms with van der Waals surface area (Å²) in [4.78, 5) is 12.6. The number of carbonyl (C=O) groups excluding carboxylic acids is 1. The highest BCUT2D eigenvalue weighted by molar-refractivity contribution is 5.89. The van der Waals surface area contributed by atoms with Crippen LogP contribution in [0.4, 0.5) is 0 Å². The molecular weight excluding hydrogens is 334 g/mol. The molecule has 1 aromatic carbocycles. The van der Waals surface area contributed by atoms with E-state index in [1.165, 1.54) is 68.1 Å². The molecule has 0 radical (unpaired) electrons. The van der Waals surface area contributed by atoms with Crippen LogP contribution in [-0.4, -0.2) is 42.2 Å². The Morgan fingerprint density at radius 1 is 1.04 bits per heavy atom. The lowest BCUT2D eigenvalue weighted by Crippen LogP contribution is -2.57. The second kappa shape index (κ2) is 8.34. The van der Waals surface area contributed by atoms with Crippen molar-refractivity contribution in [2.24, 2.45) is 0 Å². The number of likely N-dealkylation sites (tertiary alicyclic amines) is 1. The zero-order chi connectivity index (χ0) is 19.5. The Bertz CT molecular complexity index is 617. The molecule has 1 aliphatic carbocycles. The molecule has 3 rings (SSSR count). The van der Waals surface area contributed by atoms with E-state index in [0.29, 0.717) is 5.56 Å². The topological polar surface area (TPSA) is 26.3 Å². The molecule has 27 heavy (non-hydrogen) atoms. The fourth-order valence-electron chi connectivity index (χ4n) is 5.20. The molecule has 1 atom stereocenters. The molecular formula is C24H38NO2+. The third-order valence-corrected chi connectivity index (χ3v) is 6.72. The molecule has 2 fully saturated rings. The summed E-state index contributed by atoms with van der Waals surface area (Å²) in [6.45, 7) is 12.2. The van der Waals surface area contributed by atoms with Gasteiger partial charge in [0.05, 0.1) is 24.7 Å². The zero-order valence-electron chi connectivity index (χ0n) is 17.8. The van der Waals surface area contributed by atoms with Gasteiger partial charge in [0.1, 0.15) is 12.6 Å². The number of hydrogen-bond acceptors (Lipinski definition) is 2. The first-order chi connectivity index (χ1) is 12.8. The predicted octanol–water partition coefficient (Wildman–Crippen LogP) is 5.47. The van der Waals surface area contributed by atoms with Crippen LogP contribution in [0.1, 0.15) is 88.6 Å². The van der Waals surface area contributed by atoms with Crippen molar-refractivity contribution in [2.45, 2.75) is 90.2 Å². The number of rotatable bonds is 5. The normalized spacial score (nSPS) is 21.8. The Labute approximate surface area is 165 Å². The number of ether oxygens (including phenoxy) is 1. The van der Waals surface area contributed by atoms with E-state index in [2.05, 4.69) is 39.8 Å². The van der Waals surface area contributed by atoms with E-state index < -0.39 is 0 Å². The maximum absolute atomic E-state index is 12.6. The van der Waals surface area contributed by atoms with Gasteiger partial charge in [-0.2, -0.15) is 0 Å². The average Bonchev–Trinajstić information content (AvgIpc) is 3.11. The molecule has 0 amide bonds. The molecule has 3 nitrogen and oxygen atoms in total. The molecule has 2 aliphatic rings. The summed E-state index contributed by atoms with van der Waals surface area (Å²) in [6, 6.07) is 8.72. The number of hydrogen-bond donors (Lipinski definition) is 0. The molecule has 1 heterocycles. The van der Waals surface area contributed by atoms with E-state index in [0.717, 1.165) is 12.6 Å². The predicted molar refractivity (Wildman–Crippen MR) is 111 cm³/mol. The Kier molecular flexibility index (Phi) is 6.30. The monoisotopic (exact) mass is 372 g/mol. The second-order valence-corrected chi connectivity index (χ2v) is 9.89. The summed E-state index contributed by atoms with van der Waals surface area (Å²) in [6.07, 6.45) is 9.48. The van der Waals surface area contributed by atoms with Gasteiger partial charge in [-0.15, -0.1) is 0 Å². The largest absolute Gasteiger partial charge is 0.453 e. The van der Waals surface area contributed by atoms with E-state index in [1.807, 2.05) is 12.1 Å². The summed E-state index contributed by atoms with van der Waals surface area (Å²) in [5.41, 5.74) is 2.01. The third kappa shape index (κ3) is 4.93. The molecule has 3 heteroatoms. The average molecular weight is 373 g/mol. The van der Waals surface area contributed by atoms with Crippen molar-refractivity contribution in [1.29, 1.82) is 0 Å². The molecule has 0 spiro atoms. The molecule has 1 unspecified atom stereocenters. The number of benzene rings is 1. The van der Waals surface area contributed by atoms with Gasteiger partial charge >= 0.3 is 5.97 Å². The maximum Gasteiger partial charge on any atom is 0.338 e. The molecule has 0 bridgehead atoms. The van der Waals surface area contributed by atoms with Crippen molar-refractivity contribution in [3.05, 3.63) is 35.4 Å². The molecule has 1 aliphatic heterocycles. The number of nitrogens with zero attached hydrogens (tertiary/aromatic N) is 1. The zero-order valence-corrected chi connectivity index (χ0v) is 17.8. The van der Waals surface area contributed by atoms with E-state index in [9.17, 15) is 4.79 Å². The summed E-state index contributed by atoms with van der Waals surface area (Å²) in [5, 5.41) is 0. The Morgan fingerprint density at radius 3 is 2.19 bits per heavy atom. The van der Waals surface area contributed by atoms with Gasteiger partial charge in [-0.3, -0.25) is 0 Å². The van der Waals surface area contributed by atoms with Crippen LogP contribution < -0.4 is 0 Å². The van der Waals surface area contributed by atoms with Crippen molar-refractivity contribution in [1.82, 2.24) is 0 Å². The molecule has 1 saturated heterocycles. The van der Waals surface area contributed by atoms with Gasteiger partial charge in [-0.05, 0) is 55.7 Å². The summed E-state index contributed by atoms with van der Waals surface area (Å²) >= 11 is 0. The minimum Gasteiger partial charge on any atom is -0.453 e. The number of carbonyl (C=O) groups is 1. The van der Waals surface area contributed by atoms with Crippen LogP contribution in [-0.2, 0) is 10.2 Å². The van der Waals surface area contributed by atoms with Crippen molar-refractivity contribution >= 4 is 5.97 Å². The first-order valence-electron chi connectivity index (χ1n) is 11.0. The summed E-state index contributed by atoms with van der Waals surface area (Å²) in [7, 11) is 0. The van der Waals surface area contributed by atoms with Gasteiger partial charge in [0.2, 0.25) is 0 Å². The molecule has 0 N–H and O–H groups in total. The highest BCUT2D eigenvalue weighted by Gasteiger charge is 2.41. The van der Waals surface area contributed by atoms with E-state index in [4.69, 9.17) is 4.74 Å². The van der Waals surface area contributed by atoms with E-state index in [-0.39, 0.29) is 17.5 Å². The third-order valence-electron chi connectivity index (χ3n) is 6.72. The SMILES string of the molecule is CC(C[N+]1(C2CCCCC2)CCCC1)OC(=O)c1ccc(C(C)(C)C)cc1. The van der Waals surface area contributed by atoms with Crippen LogP contribution in [0.15, 0.2) is 24.3 Å². The lowest BCUT2D eigenvalue weighted by molar-refractivity contribution is -0.944. The number of esters is 1. The first kappa shape index (κ1) is 20.4. The summed E-state index contributed by atoms with van der Waals surface area (Å²) < 4.78 is 7.08. The smallest absolute Gasteiger partial charge is 0.338 e.